The summed E-state index contributed by atoms with van der Waals surface area (Å²) in [4.78, 5) is 14.4. The SMILES string of the molecule is CC[C@@H]1CN(C(=O)[C@@H]2CCC[C@H]2N)C[C@@H](C)O1. The van der Waals surface area contributed by atoms with E-state index >= 15 is 0 Å². The molecule has 0 spiro atoms. The summed E-state index contributed by atoms with van der Waals surface area (Å²) in [6.07, 6.45) is 4.35. The minimum Gasteiger partial charge on any atom is -0.372 e. The fourth-order valence-electron chi connectivity index (χ4n) is 2.98. The average Bonchev–Trinajstić information content (AvgIpc) is 2.73. The predicted molar refractivity (Wildman–Crippen MR) is 66.5 cm³/mol. The van der Waals surface area contributed by atoms with Crippen LogP contribution in [0.25, 0.3) is 0 Å². The number of hydrogen-bond donors (Lipinski definition) is 1. The van der Waals surface area contributed by atoms with Crippen molar-refractivity contribution in [1.82, 2.24) is 4.90 Å². The van der Waals surface area contributed by atoms with E-state index < -0.39 is 0 Å². The lowest BCUT2D eigenvalue weighted by molar-refractivity contribution is -0.148. The summed E-state index contributed by atoms with van der Waals surface area (Å²) in [7, 11) is 0. The number of carbonyl (C=O) groups excluding carboxylic acids is 1. The Labute approximate surface area is 103 Å². The smallest absolute Gasteiger partial charge is 0.227 e. The lowest BCUT2D eigenvalue weighted by atomic mass is 10.0. The number of rotatable bonds is 2. The molecule has 0 unspecified atom stereocenters. The Morgan fingerprint density at radius 2 is 2.18 bits per heavy atom. The first-order valence-corrected chi connectivity index (χ1v) is 6.81. The van der Waals surface area contributed by atoms with Crippen LogP contribution in [0, 0.1) is 5.92 Å². The molecule has 2 aliphatic rings. The van der Waals surface area contributed by atoms with Crippen molar-refractivity contribution < 1.29 is 9.53 Å². The number of morpholine rings is 1. The van der Waals surface area contributed by atoms with Crippen LogP contribution in [0.4, 0.5) is 0 Å². The Bertz CT molecular complexity index is 283. The summed E-state index contributed by atoms with van der Waals surface area (Å²) >= 11 is 0. The van der Waals surface area contributed by atoms with Crippen molar-refractivity contribution in [1.29, 1.82) is 0 Å². The van der Waals surface area contributed by atoms with E-state index in [1.807, 2.05) is 11.8 Å². The Balaban J connectivity index is 1.98. The van der Waals surface area contributed by atoms with E-state index in [-0.39, 0.29) is 30.1 Å². The van der Waals surface area contributed by atoms with Gasteiger partial charge in [-0.1, -0.05) is 13.3 Å². The average molecular weight is 240 g/mol. The number of carbonyl (C=O) groups is 1. The van der Waals surface area contributed by atoms with Crippen LogP contribution >= 0.6 is 0 Å². The summed E-state index contributed by atoms with van der Waals surface area (Å²) in [5, 5.41) is 0. The third kappa shape index (κ3) is 2.80. The first-order chi connectivity index (χ1) is 8.11. The quantitative estimate of drug-likeness (QED) is 0.787. The molecule has 0 radical (unpaired) electrons. The van der Waals surface area contributed by atoms with Crippen molar-refractivity contribution in [3.8, 4) is 0 Å². The van der Waals surface area contributed by atoms with Gasteiger partial charge in [0.2, 0.25) is 5.91 Å². The van der Waals surface area contributed by atoms with Gasteiger partial charge in [-0.15, -0.1) is 0 Å². The highest BCUT2D eigenvalue weighted by atomic mass is 16.5. The third-order valence-electron chi connectivity index (χ3n) is 3.98. The van der Waals surface area contributed by atoms with Crippen LogP contribution < -0.4 is 5.73 Å². The first kappa shape index (κ1) is 12.8. The topological polar surface area (TPSA) is 55.6 Å². The van der Waals surface area contributed by atoms with Gasteiger partial charge in [-0.2, -0.15) is 0 Å². The highest BCUT2D eigenvalue weighted by Gasteiger charge is 2.36. The van der Waals surface area contributed by atoms with E-state index in [1.165, 1.54) is 0 Å². The van der Waals surface area contributed by atoms with E-state index in [2.05, 4.69) is 6.92 Å². The van der Waals surface area contributed by atoms with Gasteiger partial charge in [0.25, 0.3) is 0 Å². The van der Waals surface area contributed by atoms with E-state index in [0.29, 0.717) is 0 Å². The van der Waals surface area contributed by atoms with Crippen LogP contribution in [0.5, 0.6) is 0 Å². The predicted octanol–water partition coefficient (Wildman–Crippen LogP) is 1.14. The number of amides is 1. The zero-order valence-electron chi connectivity index (χ0n) is 10.9. The maximum atomic E-state index is 12.4. The second-order valence-electron chi connectivity index (χ2n) is 5.42. The van der Waals surface area contributed by atoms with Crippen molar-refractivity contribution >= 4 is 5.91 Å². The molecule has 1 saturated carbocycles. The Morgan fingerprint density at radius 1 is 1.41 bits per heavy atom. The van der Waals surface area contributed by atoms with Gasteiger partial charge in [0.05, 0.1) is 18.1 Å². The van der Waals surface area contributed by atoms with Gasteiger partial charge in [0, 0.05) is 19.1 Å². The molecular formula is C13H24N2O2. The molecule has 17 heavy (non-hydrogen) atoms. The van der Waals surface area contributed by atoms with Crippen LogP contribution in [-0.2, 0) is 9.53 Å². The van der Waals surface area contributed by atoms with Crippen LogP contribution in [0.15, 0.2) is 0 Å². The van der Waals surface area contributed by atoms with Crippen molar-refractivity contribution in [3.63, 3.8) is 0 Å². The molecule has 1 aliphatic carbocycles. The van der Waals surface area contributed by atoms with Gasteiger partial charge < -0.3 is 15.4 Å². The number of nitrogens with zero attached hydrogens (tertiary/aromatic N) is 1. The van der Waals surface area contributed by atoms with Gasteiger partial charge in [0.1, 0.15) is 0 Å². The fraction of sp³-hybridized carbons (Fsp3) is 0.923. The Kier molecular flexibility index (Phi) is 4.05. The first-order valence-electron chi connectivity index (χ1n) is 6.81. The van der Waals surface area contributed by atoms with Crippen molar-refractivity contribution in [2.24, 2.45) is 11.7 Å². The molecule has 1 aliphatic heterocycles. The van der Waals surface area contributed by atoms with Gasteiger partial charge >= 0.3 is 0 Å². The summed E-state index contributed by atoms with van der Waals surface area (Å²) in [6, 6.07) is 0.0701. The van der Waals surface area contributed by atoms with E-state index in [4.69, 9.17) is 10.5 Å². The van der Waals surface area contributed by atoms with Crippen molar-refractivity contribution in [2.45, 2.75) is 57.8 Å². The molecule has 4 heteroatoms. The van der Waals surface area contributed by atoms with Crippen LogP contribution in [0.3, 0.4) is 0 Å². The van der Waals surface area contributed by atoms with Crippen molar-refractivity contribution in [2.75, 3.05) is 13.1 Å². The standard InChI is InChI=1S/C13H24N2O2/c1-3-10-8-15(7-9(2)17-10)13(16)11-5-4-6-12(11)14/h9-12H,3-8,14H2,1-2H3/t9-,10-,11-,12-/m1/s1. The van der Waals surface area contributed by atoms with Crippen LogP contribution in [-0.4, -0.2) is 42.1 Å². The molecule has 2 fully saturated rings. The second kappa shape index (κ2) is 5.36. The highest BCUT2D eigenvalue weighted by molar-refractivity contribution is 5.80. The monoisotopic (exact) mass is 240 g/mol. The molecule has 1 saturated heterocycles. The number of nitrogens with two attached hydrogens (primary N) is 1. The van der Waals surface area contributed by atoms with Gasteiger partial charge in [-0.3, -0.25) is 4.79 Å². The van der Waals surface area contributed by atoms with E-state index in [9.17, 15) is 4.79 Å². The van der Waals surface area contributed by atoms with Gasteiger partial charge in [-0.05, 0) is 26.2 Å². The summed E-state index contributed by atoms with van der Waals surface area (Å²) in [5.41, 5.74) is 6.01. The molecule has 4 atom stereocenters. The molecule has 2 N–H and O–H groups in total. The Hall–Kier alpha value is -0.610. The van der Waals surface area contributed by atoms with Crippen molar-refractivity contribution in [3.05, 3.63) is 0 Å². The maximum Gasteiger partial charge on any atom is 0.227 e. The van der Waals surface area contributed by atoms with Gasteiger partial charge in [0.15, 0.2) is 0 Å². The minimum atomic E-state index is 0.0535. The fourth-order valence-corrected chi connectivity index (χ4v) is 2.98. The molecule has 0 bridgehead atoms. The number of ether oxygens (including phenoxy) is 1. The van der Waals surface area contributed by atoms with Gasteiger partial charge in [-0.25, -0.2) is 0 Å². The maximum absolute atomic E-state index is 12.4. The highest BCUT2D eigenvalue weighted by Crippen LogP contribution is 2.27. The third-order valence-corrected chi connectivity index (χ3v) is 3.98. The van der Waals surface area contributed by atoms with E-state index in [0.717, 1.165) is 38.8 Å². The van der Waals surface area contributed by atoms with Crippen LogP contribution in [0.2, 0.25) is 0 Å². The zero-order valence-corrected chi connectivity index (χ0v) is 10.9. The molecule has 4 nitrogen and oxygen atoms in total. The summed E-state index contributed by atoms with van der Waals surface area (Å²) in [6.45, 7) is 5.60. The Morgan fingerprint density at radius 3 is 2.76 bits per heavy atom. The molecule has 0 aromatic carbocycles. The normalized spacial score (nSPS) is 38.4. The van der Waals surface area contributed by atoms with Crippen LogP contribution in [0.1, 0.15) is 39.5 Å². The second-order valence-corrected chi connectivity index (χ2v) is 5.42. The molecule has 0 aromatic rings. The minimum absolute atomic E-state index is 0.0535. The molecule has 2 rings (SSSR count). The number of hydrogen-bond acceptors (Lipinski definition) is 3. The molecule has 1 amide bonds. The summed E-state index contributed by atoms with van der Waals surface area (Å²) in [5.74, 6) is 0.307. The lowest BCUT2D eigenvalue weighted by Gasteiger charge is -2.38. The molecule has 0 aromatic heterocycles. The zero-order chi connectivity index (χ0) is 12.4. The molecule has 1 heterocycles. The lowest BCUT2D eigenvalue weighted by Crippen LogP contribution is -2.52. The summed E-state index contributed by atoms with van der Waals surface area (Å²) < 4.78 is 5.78. The largest absolute Gasteiger partial charge is 0.372 e. The molecule has 98 valence electrons. The van der Waals surface area contributed by atoms with E-state index in [1.54, 1.807) is 0 Å². The molecular weight excluding hydrogens is 216 g/mol.